The van der Waals surface area contributed by atoms with Gasteiger partial charge in [-0.25, -0.2) is 0 Å². The number of hydrogen-bond donors (Lipinski definition) is 0. The van der Waals surface area contributed by atoms with E-state index in [2.05, 4.69) is 17.6 Å². The van der Waals surface area contributed by atoms with Crippen molar-refractivity contribution in [2.75, 3.05) is 12.3 Å². The summed E-state index contributed by atoms with van der Waals surface area (Å²) in [5, 5.41) is 0. The molecule has 0 saturated heterocycles. The lowest BCUT2D eigenvalue weighted by atomic mass is 10.3. The Morgan fingerprint density at radius 2 is 1.95 bits per heavy atom. The zero-order chi connectivity index (χ0) is 15.1. The number of nitrogens with zero attached hydrogens (tertiary/aromatic N) is 2. The van der Waals surface area contributed by atoms with Crippen LogP contribution in [0.1, 0.15) is 19.0 Å². The summed E-state index contributed by atoms with van der Waals surface area (Å²) in [5.74, 6) is 0.695. The predicted molar refractivity (Wildman–Crippen MR) is 88.3 cm³/mol. The summed E-state index contributed by atoms with van der Waals surface area (Å²) < 4.78 is 2.07. The minimum Gasteiger partial charge on any atom is -0.353 e. The molecule has 2 aromatic rings. The van der Waals surface area contributed by atoms with Gasteiger partial charge in [-0.15, -0.1) is 11.8 Å². The van der Waals surface area contributed by atoms with Gasteiger partial charge in [0.1, 0.15) is 0 Å². The average Bonchev–Trinajstić information content (AvgIpc) is 2.91. The number of hydrogen-bond acceptors (Lipinski definition) is 2. The summed E-state index contributed by atoms with van der Waals surface area (Å²) in [4.78, 5) is 15.5. The van der Waals surface area contributed by atoms with Gasteiger partial charge in [0.25, 0.3) is 0 Å². The van der Waals surface area contributed by atoms with Gasteiger partial charge in [0.15, 0.2) is 0 Å². The Morgan fingerprint density at radius 1 is 1.19 bits per heavy atom. The van der Waals surface area contributed by atoms with Gasteiger partial charge in [-0.3, -0.25) is 4.79 Å². The lowest BCUT2D eigenvalue weighted by Crippen LogP contribution is -2.33. The molecule has 0 N–H and O–H groups in total. The molecule has 0 spiro atoms. The number of rotatable bonds is 7. The lowest BCUT2D eigenvalue weighted by molar-refractivity contribution is -0.129. The fourth-order valence-electron chi connectivity index (χ4n) is 2.17. The minimum absolute atomic E-state index is 0.201. The van der Waals surface area contributed by atoms with Crippen molar-refractivity contribution in [3.05, 3.63) is 54.4 Å². The van der Waals surface area contributed by atoms with E-state index in [9.17, 15) is 4.79 Å². The smallest absolute Gasteiger partial charge is 0.233 e. The van der Waals surface area contributed by atoms with Crippen LogP contribution < -0.4 is 0 Å². The molecule has 1 heterocycles. The summed E-state index contributed by atoms with van der Waals surface area (Å²) in [7, 11) is 2.02. The highest BCUT2D eigenvalue weighted by Gasteiger charge is 2.14. The van der Waals surface area contributed by atoms with Crippen molar-refractivity contribution in [3.63, 3.8) is 0 Å². The summed E-state index contributed by atoms with van der Waals surface area (Å²) in [6.07, 6.45) is 2.99. The highest BCUT2D eigenvalue weighted by Crippen LogP contribution is 2.18. The molecule has 0 aliphatic heterocycles. The molecule has 0 aliphatic rings. The third-order valence-corrected chi connectivity index (χ3v) is 4.35. The molecule has 0 aliphatic carbocycles. The molecule has 0 saturated carbocycles. The first-order valence-electron chi connectivity index (χ1n) is 7.26. The Hall–Kier alpha value is -1.68. The third kappa shape index (κ3) is 4.67. The fourth-order valence-corrected chi connectivity index (χ4v) is 2.99. The Bertz CT molecular complexity index is 565. The molecule has 0 fully saturated rings. The van der Waals surface area contributed by atoms with E-state index in [0.29, 0.717) is 12.3 Å². The quantitative estimate of drug-likeness (QED) is 0.731. The molecule has 0 atom stereocenters. The second-order valence-corrected chi connectivity index (χ2v) is 6.08. The number of amides is 1. The molecule has 4 heteroatoms. The second-order valence-electron chi connectivity index (χ2n) is 5.03. The third-order valence-electron chi connectivity index (χ3n) is 3.36. The molecule has 1 aromatic heterocycles. The van der Waals surface area contributed by atoms with Gasteiger partial charge in [0, 0.05) is 30.4 Å². The van der Waals surface area contributed by atoms with Crippen LogP contribution in [0.4, 0.5) is 0 Å². The summed E-state index contributed by atoms with van der Waals surface area (Å²) >= 11 is 1.60. The molecule has 1 aromatic carbocycles. The number of aryl methyl sites for hydroxylation is 1. The van der Waals surface area contributed by atoms with Crippen molar-refractivity contribution in [2.45, 2.75) is 24.8 Å². The normalized spacial score (nSPS) is 10.6. The molecule has 2 rings (SSSR count). The van der Waals surface area contributed by atoms with Crippen LogP contribution in [0.25, 0.3) is 0 Å². The van der Waals surface area contributed by atoms with E-state index in [1.807, 2.05) is 54.5 Å². The van der Waals surface area contributed by atoms with Crippen molar-refractivity contribution in [2.24, 2.45) is 7.05 Å². The Balaban J connectivity index is 1.94. The van der Waals surface area contributed by atoms with Crippen LogP contribution in [-0.2, 0) is 18.4 Å². The average molecular weight is 302 g/mol. The van der Waals surface area contributed by atoms with Gasteiger partial charge in [0.2, 0.25) is 5.91 Å². The first-order chi connectivity index (χ1) is 10.2. The molecule has 0 bridgehead atoms. The molecular weight excluding hydrogens is 280 g/mol. The molecule has 3 nitrogen and oxygen atoms in total. The van der Waals surface area contributed by atoms with Gasteiger partial charge in [0.05, 0.1) is 12.3 Å². The zero-order valence-electron chi connectivity index (χ0n) is 12.7. The second kappa shape index (κ2) is 7.93. The molecule has 1 amide bonds. The number of aromatic nitrogens is 1. The van der Waals surface area contributed by atoms with E-state index in [0.717, 1.165) is 17.9 Å². The lowest BCUT2D eigenvalue weighted by Gasteiger charge is -2.22. The summed E-state index contributed by atoms with van der Waals surface area (Å²) in [6, 6.07) is 14.2. The predicted octanol–water partition coefficient (Wildman–Crippen LogP) is 3.56. The highest BCUT2D eigenvalue weighted by atomic mass is 32.2. The van der Waals surface area contributed by atoms with Gasteiger partial charge < -0.3 is 9.47 Å². The minimum atomic E-state index is 0.201. The number of benzene rings is 1. The topological polar surface area (TPSA) is 25.2 Å². The number of carbonyl (C=O) groups is 1. The van der Waals surface area contributed by atoms with Gasteiger partial charge in [-0.1, -0.05) is 25.1 Å². The standard InChI is InChI=1S/C17H22N2OS/c1-3-11-19(13-15-8-7-12-18(15)2)17(20)14-21-16-9-5-4-6-10-16/h4-10,12H,3,11,13-14H2,1-2H3. The fraction of sp³-hybridized carbons (Fsp3) is 0.353. The largest absolute Gasteiger partial charge is 0.353 e. The van der Waals surface area contributed by atoms with Crippen LogP contribution in [-0.4, -0.2) is 27.7 Å². The summed E-state index contributed by atoms with van der Waals surface area (Å²) in [5.41, 5.74) is 1.17. The molecule has 0 unspecified atom stereocenters. The van der Waals surface area contributed by atoms with E-state index in [1.165, 1.54) is 5.69 Å². The zero-order valence-corrected chi connectivity index (χ0v) is 13.5. The van der Waals surface area contributed by atoms with Crippen LogP contribution in [0.3, 0.4) is 0 Å². The number of thioether (sulfide) groups is 1. The first-order valence-corrected chi connectivity index (χ1v) is 8.25. The maximum absolute atomic E-state index is 12.4. The van der Waals surface area contributed by atoms with Crippen LogP contribution >= 0.6 is 11.8 Å². The Morgan fingerprint density at radius 3 is 2.57 bits per heavy atom. The van der Waals surface area contributed by atoms with E-state index in [-0.39, 0.29) is 5.91 Å². The van der Waals surface area contributed by atoms with Crippen LogP contribution in [0.2, 0.25) is 0 Å². The van der Waals surface area contributed by atoms with E-state index in [4.69, 9.17) is 0 Å². The monoisotopic (exact) mass is 302 g/mol. The number of carbonyl (C=O) groups excluding carboxylic acids is 1. The van der Waals surface area contributed by atoms with Crippen molar-refractivity contribution >= 4 is 17.7 Å². The van der Waals surface area contributed by atoms with Gasteiger partial charge in [-0.05, 0) is 30.7 Å². The van der Waals surface area contributed by atoms with E-state index < -0.39 is 0 Å². The van der Waals surface area contributed by atoms with Crippen molar-refractivity contribution in [3.8, 4) is 0 Å². The summed E-state index contributed by atoms with van der Waals surface area (Å²) in [6.45, 7) is 3.60. The van der Waals surface area contributed by atoms with Gasteiger partial charge >= 0.3 is 0 Å². The van der Waals surface area contributed by atoms with Crippen molar-refractivity contribution in [1.82, 2.24) is 9.47 Å². The maximum Gasteiger partial charge on any atom is 0.233 e. The van der Waals surface area contributed by atoms with E-state index >= 15 is 0 Å². The molecule has 21 heavy (non-hydrogen) atoms. The molecule has 112 valence electrons. The van der Waals surface area contributed by atoms with Crippen LogP contribution in [0.5, 0.6) is 0 Å². The van der Waals surface area contributed by atoms with Gasteiger partial charge in [-0.2, -0.15) is 0 Å². The van der Waals surface area contributed by atoms with Crippen LogP contribution in [0, 0.1) is 0 Å². The first kappa shape index (κ1) is 15.7. The molecular formula is C17H22N2OS. The highest BCUT2D eigenvalue weighted by molar-refractivity contribution is 8.00. The Kier molecular flexibility index (Phi) is 5.93. The van der Waals surface area contributed by atoms with E-state index in [1.54, 1.807) is 11.8 Å². The Labute approximate surface area is 131 Å². The molecule has 0 radical (unpaired) electrons. The van der Waals surface area contributed by atoms with Crippen LogP contribution in [0.15, 0.2) is 53.6 Å². The SMILES string of the molecule is CCCN(Cc1cccn1C)C(=O)CSc1ccccc1. The van der Waals surface area contributed by atoms with Crippen molar-refractivity contribution in [1.29, 1.82) is 0 Å². The maximum atomic E-state index is 12.4. The van der Waals surface area contributed by atoms with Crippen molar-refractivity contribution < 1.29 is 4.79 Å².